The summed E-state index contributed by atoms with van der Waals surface area (Å²) in [5.41, 5.74) is 2.03. The van der Waals surface area contributed by atoms with Gasteiger partial charge < -0.3 is 15.0 Å². The highest BCUT2D eigenvalue weighted by atomic mass is 16.5. The number of hydrogen-bond donors (Lipinski definition) is 1. The fourth-order valence-corrected chi connectivity index (χ4v) is 2.25. The molecule has 1 fully saturated rings. The molecule has 2 rings (SSSR count). The summed E-state index contributed by atoms with van der Waals surface area (Å²) < 4.78 is 5.63. The molecule has 19 heavy (non-hydrogen) atoms. The highest BCUT2D eigenvalue weighted by molar-refractivity contribution is 5.90. The summed E-state index contributed by atoms with van der Waals surface area (Å²) in [4.78, 5) is 13.7. The molecule has 0 aromatic heterocycles. The van der Waals surface area contributed by atoms with Gasteiger partial charge in [0.1, 0.15) is 0 Å². The summed E-state index contributed by atoms with van der Waals surface area (Å²) in [5, 5.41) is 2.86. The summed E-state index contributed by atoms with van der Waals surface area (Å²) in [7, 11) is 0. The second-order valence-corrected chi connectivity index (χ2v) is 5.09. The Hall–Kier alpha value is -1.55. The Bertz CT molecular complexity index is 430. The Morgan fingerprint density at radius 3 is 2.68 bits per heavy atom. The molecule has 0 bridgehead atoms. The first-order valence-electron chi connectivity index (χ1n) is 6.88. The molecule has 104 valence electrons. The van der Waals surface area contributed by atoms with E-state index in [1.807, 2.05) is 19.1 Å². The van der Waals surface area contributed by atoms with Crippen LogP contribution in [0.3, 0.4) is 0 Å². The van der Waals surface area contributed by atoms with Gasteiger partial charge in [0.15, 0.2) is 0 Å². The smallest absolute Gasteiger partial charge is 0.224 e. The molecule has 0 saturated carbocycles. The van der Waals surface area contributed by atoms with Crippen molar-refractivity contribution < 1.29 is 9.53 Å². The fraction of sp³-hybridized carbons (Fsp3) is 0.533. The van der Waals surface area contributed by atoms with Crippen molar-refractivity contribution >= 4 is 17.3 Å². The number of amides is 1. The van der Waals surface area contributed by atoms with E-state index < -0.39 is 0 Å². The average molecular weight is 262 g/mol. The van der Waals surface area contributed by atoms with E-state index in [2.05, 4.69) is 36.2 Å². The molecule has 1 heterocycles. The van der Waals surface area contributed by atoms with Crippen molar-refractivity contribution in [3.05, 3.63) is 24.3 Å². The molecule has 2 unspecified atom stereocenters. The van der Waals surface area contributed by atoms with Crippen LogP contribution < -0.4 is 10.2 Å². The second-order valence-electron chi connectivity index (χ2n) is 5.09. The number of nitrogens with one attached hydrogen (secondary N) is 1. The summed E-state index contributed by atoms with van der Waals surface area (Å²) >= 11 is 0. The van der Waals surface area contributed by atoms with Gasteiger partial charge in [-0.3, -0.25) is 4.79 Å². The third-order valence-electron chi connectivity index (χ3n) is 3.41. The van der Waals surface area contributed by atoms with Crippen molar-refractivity contribution in [1.29, 1.82) is 0 Å². The summed E-state index contributed by atoms with van der Waals surface area (Å²) in [6, 6.07) is 8.40. The van der Waals surface area contributed by atoms with Crippen LogP contribution in [0, 0.1) is 0 Å². The Kier molecular flexibility index (Phi) is 4.43. The van der Waals surface area contributed by atoms with Crippen molar-refractivity contribution in [2.24, 2.45) is 0 Å². The van der Waals surface area contributed by atoms with E-state index in [-0.39, 0.29) is 12.0 Å². The molecule has 1 aromatic carbocycles. The minimum atomic E-state index is 0.0427. The van der Waals surface area contributed by atoms with E-state index in [0.717, 1.165) is 18.8 Å². The van der Waals surface area contributed by atoms with Crippen LogP contribution in [-0.2, 0) is 9.53 Å². The molecule has 4 nitrogen and oxygen atoms in total. The molecule has 4 heteroatoms. The van der Waals surface area contributed by atoms with Gasteiger partial charge in [-0.1, -0.05) is 6.92 Å². The molecule has 1 N–H and O–H groups in total. The number of anilines is 2. The van der Waals surface area contributed by atoms with Crippen molar-refractivity contribution in [1.82, 2.24) is 0 Å². The maximum atomic E-state index is 11.3. The maximum absolute atomic E-state index is 11.3. The van der Waals surface area contributed by atoms with Gasteiger partial charge in [0.05, 0.1) is 12.7 Å². The Morgan fingerprint density at radius 2 is 2.05 bits per heavy atom. The van der Waals surface area contributed by atoms with E-state index in [1.54, 1.807) is 0 Å². The van der Waals surface area contributed by atoms with Gasteiger partial charge in [-0.25, -0.2) is 0 Å². The first-order valence-corrected chi connectivity index (χ1v) is 6.88. The first kappa shape index (κ1) is 13.9. The number of rotatable bonds is 3. The third-order valence-corrected chi connectivity index (χ3v) is 3.41. The topological polar surface area (TPSA) is 41.6 Å². The molecule has 0 spiro atoms. The van der Waals surface area contributed by atoms with Crippen LogP contribution in [0.15, 0.2) is 24.3 Å². The number of ether oxygens (including phenoxy) is 1. The number of carbonyl (C=O) groups excluding carboxylic acids is 1. The van der Waals surface area contributed by atoms with E-state index in [1.165, 1.54) is 5.69 Å². The van der Waals surface area contributed by atoms with E-state index in [4.69, 9.17) is 4.74 Å². The quantitative estimate of drug-likeness (QED) is 0.910. The van der Waals surface area contributed by atoms with E-state index in [0.29, 0.717) is 12.5 Å². The molecule has 1 aromatic rings. The van der Waals surface area contributed by atoms with Gasteiger partial charge in [-0.15, -0.1) is 0 Å². The number of benzene rings is 1. The van der Waals surface area contributed by atoms with Crippen LogP contribution in [0.1, 0.15) is 27.2 Å². The standard InChI is InChI=1S/C15H22N2O2/c1-4-15(18)16-13-5-7-14(8-6-13)17-9-12(3)19-10-11(17)2/h5-8,11-12H,4,9-10H2,1-3H3,(H,16,18). The lowest BCUT2D eigenvalue weighted by atomic mass is 10.1. The summed E-state index contributed by atoms with van der Waals surface area (Å²) in [6.07, 6.45) is 0.760. The molecule has 0 aliphatic carbocycles. The highest BCUT2D eigenvalue weighted by Crippen LogP contribution is 2.23. The van der Waals surface area contributed by atoms with Gasteiger partial charge in [-0.2, -0.15) is 0 Å². The fourth-order valence-electron chi connectivity index (χ4n) is 2.25. The van der Waals surface area contributed by atoms with Crippen LogP contribution in [-0.4, -0.2) is 31.2 Å². The van der Waals surface area contributed by atoms with Gasteiger partial charge in [0, 0.05) is 30.4 Å². The van der Waals surface area contributed by atoms with Crippen LogP contribution in [0.2, 0.25) is 0 Å². The zero-order chi connectivity index (χ0) is 13.8. The van der Waals surface area contributed by atoms with Crippen molar-refractivity contribution in [3.63, 3.8) is 0 Å². The van der Waals surface area contributed by atoms with Crippen LogP contribution in [0.4, 0.5) is 11.4 Å². The van der Waals surface area contributed by atoms with E-state index in [9.17, 15) is 4.79 Å². The molecule has 1 saturated heterocycles. The first-order chi connectivity index (χ1) is 9.10. The van der Waals surface area contributed by atoms with Crippen molar-refractivity contribution in [2.45, 2.75) is 39.3 Å². The number of morpholine rings is 1. The molecule has 1 aliphatic rings. The molecule has 1 amide bonds. The van der Waals surface area contributed by atoms with Gasteiger partial charge in [0.25, 0.3) is 0 Å². The van der Waals surface area contributed by atoms with Crippen LogP contribution in [0.25, 0.3) is 0 Å². The predicted molar refractivity (Wildman–Crippen MR) is 77.6 cm³/mol. The lowest BCUT2D eigenvalue weighted by molar-refractivity contribution is -0.115. The zero-order valence-electron chi connectivity index (χ0n) is 11.8. The third kappa shape index (κ3) is 3.47. The zero-order valence-corrected chi connectivity index (χ0v) is 11.8. The van der Waals surface area contributed by atoms with E-state index >= 15 is 0 Å². The Labute approximate surface area is 114 Å². The number of hydrogen-bond acceptors (Lipinski definition) is 3. The summed E-state index contributed by atoms with van der Waals surface area (Å²) in [5.74, 6) is 0.0427. The predicted octanol–water partition coefficient (Wildman–Crippen LogP) is 2.65. The van der Waals surface area contributed by atoms with Crippen molar-refractivity contribution in [2.75, 3.05) is 23.4 Å². The van der Waals surface area contributed by atoms with Crippen molar-refractivity contribution in [3.8, 4) is 0 Å². The largest absolute Gasteiger partial charge is 0.375 e. The highest BCUT2D eigenvalue weighted by Gasteiger charge is 2.23. The molecular weight excluding hydrogens is 240 g/mol. The Morgan fingerprint density at radius 1 is 1.37 bits per heavy atom. The average Bonchev–Trinajstić information content (AvgIpc) is 2.42. The van der Waals surface area contributed by atoms with Crippen LogP contribution in [0.5, 0.6) is 0 Å². The minimum absolute atomic E-state index is 0.0427. The summed E-state index contributed by atoms with van der Waals surface area (Å²) in [6.45, 7) is 7.77. The SMILES string of the molecule is CCC(=O)Nc1ccc(N2CC(C)OCC2C)cc1. The molecular formula is C15H22N2O2. The van der Waals surface area contributed by atoms with Gasteiger partial charge in [-0.05, 0) is 38.1 Å². The normalized spacial score (nSPS) is 23.2. The Balaban J connectivity index is 2.06. The lowest BCUT2D eigenvalue weighted by Gasteiger charge is -2.38. The molecule has 1 aliphatic heterocycles. The van der Waals surface area contributed by atoms with Gasteiger partial charge >= 0.3 is 0 Å². The monoisotopic (exact) mass is 262 g/mol. The minimum Gasteiger partial charge on any atom is -0.375 e. The van der Waals surface area contributed by atoms with Gasteiger partial charge in [0.2, 0.25) is 5.91 Å². The van der Waals surface area contributed by atoms with Crippen LogP contribution >= 0.6 is 0 Å². The molecule has 2 atom stereocenters. The number of nitrogens with zero attached hydrogens (tertiary/aromatic N) is 1. The lowest BCUT2D eigenvalue weighted by Crippen LogP contribution is -2.47. The maximum Gasteiger partial charge on any atom is 0.224 e. The molecule has 0 radical (unpaired) electrons. The number of carbonyl (C=O) groups is 1. The second kappa shape index (κ2) is 6.06.